The van der Waals surface area contributed by atoms with E-state index in [-0.39, 0.29) is 11.3 Å². The number of aliphatic carboxylic acids is 1. The van der Waals surface area contributed by atoms with Crippen molar-refractivity contribution in [2.24, 2.45) is 0 Å². The second-order valence-corrected chi connectivity index (χ2v) is 3.79. The van der Waals surface area contributed by atoms with Crippen LogP contribution in [0.3, 0.4) is 0 Å². The molecule has 1 aromatic rings. The van der Waals surface area contributed by atoms with Gasteiger partial charge >= 0.3 is 5.97 Å². The zero-order valence-electron chi connectivity index (χ0n) is 9.84. The van der Waals surface area contributed by atoms with Crippen molar-refractivity contribution in [2.45, 2.75) is 19.9 Å². The first kappa shape index (κ1) is 13.6. The van der Waals surface area contributed by atoms with Gasteiger partial charge in [-0.2, -0.15) is 0 Å². The molecular weight excluding hydrogens is 240 g/mol. The lowest BCUT2D eigenvalue weighted by molar-refractivity contribution is -0.385. The number of rotatable bonds is 4. The molecule has 0 spiro atoms. The van der Waals surface area contributed by atoms with E-state index >= 15 is 0 Å². The van der Waals surface area contributed by atoms with Crippen molar-refractivity contribution in [1.29, 1.82) is 0 Å². The molecule has 0 aliphatic heterocycles. The molecule has 7 nitrogen and oxygen atoms in total. The van der Waals surface area contributed by atoms with Crippen molar-refractivity contribution < 1.29 is 19.6 Å². The number of nitrogens with zero attached hydrogens (tertiary/aromatic N) is 1. The maximum absolute atomic E-state index is 11.6. The third-order valence-electron chi connectivity index (χ3n) is 2.39. The fourth-order valence-corrected chi connectivity index (χ4v) is 1.29. The number of nitro groups is 1. The third kappa shape index (κ3) is 3.03. The molecule has 1 atom stereocenters. The van der Waals surface area contributed by atoms with Gasteiger partial charge in [0.05, 0.1) is 4.92 Å². The Morgan fingerprint density at radius 1 is 1.44 bits per heavy atom. The summed E-state index contributed by atoms with van der Waals surface area (Å²) in [5.41, 5.74) is 0.314. The smallest absolute Gasteiger partial charge is 0.325 e. The molecule has 0 saturated carbocycles. The first-order valence-electron chi connectivity index (χ1n) is 5.11. The lowest BCUT2D eigenvalue weighted by Crippen LogP contribution is -2.38. The van der Waals surface area contributed by atoms with Crippen LogP contribution in [0.15, 0.2) is 18.2 Å². The normalized spacial score (nSPS) is 11.7. The summed E-state index contributed by atoms with van der Waals surface area (Å²) in [5, 5.41) is 21.6. The summed E-state index contributed by atoms with van der Waals surface area (Å²) in [6.07, 6.45) is 0. The summed E-state index contributed by atoms with van der Waals surface area (Å²) in [6.45, 7) is 2.86. The van der Waals surface area contributed by atoms with Crippen molar-refractivity contribution in [2.75, 3.05) is 0 Å². The molecule has 1 aromatic carbocycles. The molecule has 2 N–H and O–H groups in total. The van der Waals surface area contributed by atoms with Crippen molar-refractivity contribution in [1.82, 2.24) is 5.32 Å². The Bertz CT molecular complexity index is 512. The Morgan fingerprint density at radius 2 is 2.06 bits per heavy atom. The molecule has 7 heteroatoms. The highest BCUT2D eigenvalue weighted by molar-refractivity contribution is 5.97. The minimum Gasteiger partial charge on any atom is -0.480 e. The highest BCUT2D eigenvalue weighted by Gasteiger charge is 2.18. The van der Waals surface area contributed by atoms with E-state index < -0.39 is 22.8 Å². The molecule has 0 bridgehead atoms. The predicted molar refractivity (Wildman–Crippen MR) is 62.4 cm³/mol. The average Bonchev–Trinajstić information content (AvgIpc) is 2.28. The summed E-state index contributed by atoms with van der Waals surface area (Å²) in [6, 6.07) is 2.92. The first-order chi connectivity index (χ1) is 8.32. The predicted octanol–water partition coefficient (Wildman–Crippen LogP) is 1.11. The Kier molecular flexibility index (Phi) is 3.98. The van der Waals surface area contributed by atoms with Crippen LogP contribution in [0.1, 0.15) is 22.8 Å². The number of carbonyl (C=O) groups excluding carboxylic acids is 1. The minimum absolute atomic E-state index is 0.0559. The van der Waals surface area contributed by atoms with Crippen LogP contribution in [0.25, 0.3) is 0 Å². The summed E-state index contributed by atoms with van der Waals surface area (Å²) in [4.78, 5) is 32.3. The molecule has 1 rings (SSSR count). The van der Waals surface area contributed by atoms with Crippen molar-refractivity contribution in [3.05, 3.63) is 39.4 Å². The van der Waals surface area contributed by atoms with Gasteiger partial charge in [-0.3, -0.25) is 19.7 Å². The van der Waals surface area contributed by atoms with Crippen LogP contribution in [-0.4, -0.2) is 27.9 Å². The largest absolute Gasteiger partial charge is 0.480 e. The van der Waals surface area contributed by atoms with Gasteiger partial charge in [0.1, 0.15) is 6.04 Å². The van der Waals surface area contributed by atoms with Crippen LogP contribution in [0.5, 0.6) is 0 Å². The first-order valence-corrected chi connectivity index (χ1v) is 5.11. The van der Waals surface area contributed by atoms with E-state index in [0.717, 1.165) is 6.07 Å². The van der Waals surface area contributed by atoms with Gasteiger partial charge in [-0.05, 0) is 19.9 Å². The van der Waals surface area contributed by atoms with Crippen LogP contribution in [0, 0.1) is 17.0 Å². The molecule has 0 unspecified atom stereocenters. The molecular formula is C11H12N2O5. The van der Waals surface area contributed by atoms with E-state index in [9.17, 15) is 19.7 Å². The van der Waals surface area contributed by atoms with Crippen molar-refractivity contribution >= 4 is 17.6 Å². The van der Waals surface area contributed by atoms with Crippen molar-refractivity contribution in [3.63, 3.8) is 0 Å². The molecule has 0 radical (unpaired) electrons. The lowest BCUT2D eigenvalue weighted by Gasteiger charge is -2.09. The maximum Gasteiger partial charge on any atom is 0.325 e. The molecule has 0 aliphatic carbocycles. The number of amides is 1. The van der Waals surface area contributed by atoms with Crippen LogP contribution < -0.4 is 5.32 Å². The fourth-order valence-electron chi connectivity index (χ4n) is 1.29. The molecule has 0 fully saturated rings. The fraction of sp³-hybridized carbons (Fsp3) is 0.273. The van der Waals surface area contributed by atoms with Crippen LogP contribution in [0.2, 0.25) is 0 Å². The summed E-state index contributed by atoms with van der Waals surface area (Å²) >= 11 is 0. The van der Waals surface area contributed by atoms with Gasteiger partial charge in [0, 0.05) is 17.2 Å². The molecule has 0 saturated heterocycles. The van der Waals surface area contributed by atoms with Gasteiger partial charge in [0.2, 0.25) is 0 Å². The maximum atomic E-state index is 11.6. The Labute approximate surface area is 103 Å². The lowest BCUT2D eigenvalue weighted by atomic mass is 10.1. The van der Waals surface area contributed by atoms with E-state index in [1.54, 1.807) is 6.92 Å². The molecule has 18 heavy (non-hydrogen) atoms. The number of nitrogens with one attached hydrogen (secondary N) is 1. The second kappa shape index (κ2) is 5.26. The second-order valence-electron chi connectivity index (χ2n) is 3.79. The molecule has 96 valence electrons. The Hall–Kier alpha value is -2.44. The van der Waals surface area contributed by atoms with Gasteiger partial charge in [0.25, 0.3) is 11.6 Å². The number of nitro benzene ring substituents is 1. The minimum atomic E-state index is -1.18. The van der Waals surface area contributed by atoms with E-state index in [4.69, 9.17) is 5.11 Å². The van der Waals surface area contributed by atoms with Gasteiger partial charge < -0.3 is 10.4 Å². The van der Waals surface area contributed by atoms with Gasteiger partial charge in [-0.15, -0.1) is 0 Å². The quantitative estimate of drug-likeness (QED) is 0.616. The van der Waals surface area contributed by atoms with Crippen LogP contribution in [0.4, 0.5) is 5.69 Å². The van der Waals surface area contributed by atoms with Gasteiger partial charge in [-0.25, -0.2) is 0 Å². The number of carboxylic acid groups (broad SMARTS) is 1. The van der Waals surface area contributed by atoms with E-state index in [2.05, 4.69) is 5.32 Å². The molecule has 0 aromatic heterocycles. The number of hydrogen-bond acceptors (Lipinski definition) is 4. The Balaban J connectivity index is 2.97. The van der Waals surface area contributed by atoms with E-state index in [0.29, 0.717) is 5.56 Å². The molecule has 1 amide bonds. The average molecular weight is 252 g/mol. The standard InChI is InChI=1S/C11H12N2O5/c1-6-3-4-8(5-9(6)13(17)18)10(14)12-7(2)11(15)16/h3-5,7H,1-2H3,(H,12,14)(H,15,16)/t7-/m1/s1. The van der Waals surface area contributed by atoms with E-state index in [1.165, 1.54) is 19.1 Å². The number of hydrogen-bond donors (Lipinski definition) is 2. The zero-order chi connectivity index (χ0) is 13.9. The summed E-state index contributed by atoms with van der Waals surface area (Å²) in [7, 11) is 0. The summed E-state index contributed by atoms with van der Waals surface area (Å²) in [5.74, 6) is -1.84. The van der Waals surface area contributed by atoms with Crippen LogP contribution in [-0.2, 0) is 4.79 Å². The van der Waals surface area contributed by atoms with Gasteiger partial charge in [0.15, 0.2) is 0 Å². The highest BCUT2D eigenvalue weighted by atomic mass is 16.6. The number of aryl methyl sites for hydroxylation is 1. The number of carboxylic acids is 1. The third-order valence-corrected chi connectivity index (χ3v) is 2.39. The summed E-state index contributed by atoms with van der Waals surface area (Å²) < 4.78 is 0. The molecule has 0 aliphatic rings. The SMILES string of the molecule is Cc1ccc(C(=O)N[C@H](C)C(=O)O)cc1[N+](=O)[O-]. The zero-order valence-corrected chi connectivity index (χ0v) is 9.84. The topological polar surface area (TPSA) is 110 Å². The monoisotopic (exact) mass is 252 g/mol. The van der Waals surface area contributed by atoms with Gasteiger partial charge in [-0.1, -0.05) is 6.07 Å². The number of carbonyl (C=O) groups is 2. The number of benzene rings is 1. The van der Waals surface area contributed by atoms with Crippen LogP contribution >= 0.6 is 0 Å². The van der Waals surface area contributed by atoms with E-state index in [1.807, 2.05) is 0 Å². The highest BCUT2D eigenvalue weighted by Crippen LogP contribution is 2.19. The molecule has 0 heterocycles. The Morgan fingerprint density at radius 3 is 2.56 bits per heavy atom. The van der Waals surface area contributed by atoms with Crippen molar-refractivity contribution in [3.8, 4) is 0 Å².